The van der Waals surface area contributed by atoms with Crippen molar-refractivity contribution in [2.45, 2.75) is 56.4 Å². The van der Waals surface area contributed by atoms with Crippen molar-refractivity contribution in [2.24, 2.45) is 5.73 Å². The van der Waals surface area contributed by atoms with E-state index in [1.807, 2.05) is 77.5 Å². The molecule has 298 valence electrons. The molecule has 0 unspecified atom stereocenters. The predicted molar refractivity (Wildman–Crippen MR) is 244 cm³/mol. The Morgan fingerprint density at radius 3 is 1.66 bits per heavy atom. The van der Waals surface area contributed by atoms with Crippen LogP contribution in [0.2, 0.25) is 0 Å². The van der Waals surface area contributed by atoms with E-state index >= 15 is 0 Å². The first-order valence-corrected chi connectivity index (χ1v) is 21.6. The van der Waals surface area contributed by atoms with Gasteiger partial charge in [0.2, 0.25) is 0 Å². The third kappa shape index (κ3) is 6.08. The number of nitrogens with zero attached hydrogens (tertiary/aromatic N) is 7. The summed E-state index contributed by atoms with van der Waals surface area (Å²) in [6, 6.07) is 43.8. The summed E-state index contributed by atoms with van der Waals surface area (Å²) in [5.41, 5.74) is 19.2. The fourth-order valence-electron chi connectivity index (χ4n) is 9.25. The largest absolute Gasteiger partial charge is 0.338 e. The highest BCUT2D eigenvalue weighted by Gasteiger charge is 2.36. The maximum Gasteiger partial charge on any atom is 0.167 e. The molecule has 0 radical (unpaired) electrons. The van der Waals surface area contributed by atoms with Crippen molar-refractivity contribution < 1.29 is 0 Å². The Labute approximate surface area is 362 Å². The molecule has 12 rings (SSSR count). The molecule has 4 aromatic carbocycles. The predicted octanol–water partition coefficient (Wildman–Crippen LogP) is 11.7. The van der Waals surface area contributed by atoms with Crippen LogP contribution in [0.4, 0.5) is 23.0 Å². The SMILES string of the molecule is CC1(c2ccc(-c3c(Br)nc4n3-c3cccnc3Nc3ccccc3-4)cc2)CCC1.N#Cc1nc2n(c1-c1ccc(C3(N)CCC3)cc1)-c1cccnc1Nc1ccccc1-2. The second-order valence-corrected chi connectivity index (χ2v) is 17.4. The molecule has 8 aromatic rings. The van der Waals surface area contributed by atoms with Crippen LogP contribution in [0, 0.1) is 11.3 Å². The molecule has 2 aliphatic heterocycles. The maximum atomic E-state index is 9.95. The van der Waals surface area contributed by atoms with Crippen LogP contribution in [0.5, 0.6) is 0 Å². The second-order valence-electron chi connectivity index (χ2n) is 16.7. The number of rotatable bonds is 4. The Bertz CT molecular complexity index is 3040. The Balaban J connectivity index is 0.000000138. The van der Waals surface area contributed by atoms with Crippen molar-refractivity contribution in [3.05, 3.63) is 155 Å². The number of benzene rings is 4. The molecule has 61 heavy (non-hydrogen) atoms. The fourth-order valence-corrected chi connectivity index (χ4v) is 9.82. The highest BCUT2D eigenvalue weighted by atomic mass is 79.9. The Kier molecular flexibility index (Phi) is 8.77. The summed E-state index contributed by atoms with van der Waals surface area (Å²) >= 11 is 3.75. The maximum absolute atomic E-state index is 9.95. The third-order valence-electron chi connectivity index (χ3n) is 13.0. The van der Waals surface area contributed by atoms with Crippen LogP contribution in [-0.2, 0) is 11.0 Å². The standard InChI is InChI=1S/C25H21BrN4.C25H20N6/c1-25(13-5-14-25)17-11-9-16(10-12-17)21-22(26)29-24-18-6-2-3-7-19(18)28-23-20(30(21)24)8-4-15-27-23;26-15-20-22(16-8-10-17(11-9-16)25(27)12-4-13-25)31-21-7-3-14-28-23(21)29-19-6-2-1-5-18(19)24(31)30-20/h2-4,6-12,15H,5,13-14H2,1H3,(H,27,28);1-3,5-11,14H,4,12-13,27H2,(H,28,29). The summed E-state index contributed by atoms with van der Waals surface area (Å²) in [5.74, 6) is 3.18. The van der Waals surface area contributed by atoms with E-state index in [1.165, 1.54) is 31.2 Å². The van der Waals surface area contributed by atoms with Gasteiger partial charge in [-0.3, -0.25) is 9.13 Å². The molecule has 0 atom stereocenters. The minimum Gasteiger partial charge on any atom is -0.338 e. The fraction of sp³-hybridized carbons (Fsp3) is 0.180. The van der Waals surface area contributed by atoms with E-state index in [1.54, 1.807) is 6.20 Å². The number of nitrogens with two attached hydrogens (primary N) is 1. The number of nitrogens with one attached hydrogen (secondary N) is 2. The molecule has 4 aliphatic rings. The van der Waals surface area contributed by atoms with E-state index in [9.17, 15) is 5.26 Å². The minimum atomic E-state index is -0.218. The number of fused-ring (bicyclic) bond motifs is 10. The van der Waals surface area contributed by atoms with Gasteiger partial charge in [0.1, 0.15) is 22.3 Å². The quantitative estimate of drug-likeness (QED) is 0.159. The van der Waals surface area contributed by atoms with E-state index in [-0.39, 0.29) is 5.54 Å². The van der Waals surface area contributed by atoms with Gasteiger partial charge in [0, 0.05) is 40.2 Å². The van der Waals surface area contributed by atoms with Crippen LogP contribution in [0.15, 0.2) is 138 Å². The molecule has 4 aromatic heterocycles. The number of para-hydroxylation sites is 2. The van der Waals surface area contributed by atoms with E-state index in [0.29, 0.717) is 11.1 Å². The van der Waals surface area contributed by atoms with Gasteiger partial charge in [-0.2, -0.15) is 5.26 Å². The van der Waals surface area contributed by atoms with Gasteiger partial charge in [-0.15, -0.1) is 0 Å². The number of nitriles is 1. The van der Waals surface area contributed by atoms with Crippen LogP contribution >= 0.6 is 15.9 Å². The van der Waals surface area contributed by atoms with Gasteiger partial charge < -0.3 is 16.4 Å². The van der Waals surface area contributed by atoms with E-state index in [2.05, 4.69) is 109 Å². The van der Waals surface area contributed by atoms with Crippen LogP contribution < -0.4 is 16.4 Å². The molecule has 6 heterocycles. The third-order valence-corrected chi connectivity index (χ3v) is 13.6. The summed E-state index contributed by atoms with van der Waals surface area (Å²) < 4.78 is 5.09. The lowest BCUT2D eigenvalue weighted by atomic mass is 9.66. The number of imidazole rings is 2. The number of aromatic nitrogens is 6. The van der Waals surface area contributed by atoms with Crippen molar-refractivity contribution in [1.82, 2.24) is 29.1 Å². The molecule has 11 heteroatoms. The molecule has 10 nitrogen and oxygen atoms in total. The van der Waals surface area contributed by atoms with Gasteiger partial charge in [-0.05, 0) is 113 Å². The first-order chi connectivity index (χ1) is 29.8. The number of pyridine rings is 2. The van der Waals surface area contributed by atoms with Crippen LogP contribution in [-0.4, -0.2) is 29.1 Å². The number of halogens is 1. The molecular weight excluding hydrogens is 821 g/mol. The van der Waals surface area contributed by atoms with Gasteiger partial charge in [-0.1, -0.05) is 86.1 Å². The lowest BCUT2D eigenvalue weighted by Gasteiger charge is -2.39. The van der Waals surface area contributed by atoms with E-state index < -0.39 is 0 Å². The zero-order valence-corrected chi connectivity index (χ0v) is 35.1. The first kappa shape index (κ1) is 37.2. The minimum absolute atomic E-state index is 0.218. The van der Waals surface area contributed by atoms with Crippen molar-refractivity contribution >= 4 is 38.9 Å². The number of anilines is 4. The molecule has 2 aliphatic carbocycles. The van der Waals surface area contributed by atoms with Crippen molar-refractivity contribution in [3.63, 3.8) is 0 Å². The van der Waals surface area contributed by atoms with Gasteiger partial charge in [0.05, 0.1) is 34.1 Å². The molecular formula is C50H41BrN10. The van der Waals surface area contributed by atoms with Gasteiger partial charge in [0.15, 0.2) is 17.3 Å². The monoisotopic (exact) mass is 860 g/mol. The molecule has 0 amide bonds. The molecule has 0 saturated heterocycles. The smallest absolute Gasteiger partial charge is 0.167 e. The topological polar surface area (TPSA) is 135 Å². The first-order valence-electron chi connectivity index (χ1n) is 20.8. The Hall–Kier alpha value is -6.87. The average Bonchev–Trinajstić information content (AvgIpc) is 3.75. The Morgan fingerprint density at radius 1 is 0.623 bits per heavy atom. The van der Waals surface area contributed by atoms with Crippen LogP contribution in [0.25, 0.3) is 56.7 Å². The zero-order valence-electron chi connectivity index (χ0n) is 33.5. The summed E-state index contributed by atoms with van der Waals surface area (Å²) in [6.45, 7) is 2.37. The molecule has 2 saturated carbocycles. The zero-order chi connectivity index (χ0) is 41.3. The lowest BCUT2D eigenvalue weighted by Crippen LogP contribution is -2.43. The van der Waals surface area contributed by atoms with Gasteiger partial charge in [-0.25, -0.2) is 19.9 Å². The van der Waals surface area contributed by atoms with Crippen molar-refractivity contribution in [3.8, 4) is 62.7 Å². The number of hydrogen-bond donors (Lipinski definition) is 3. The van der Waals surface area contributed by atoms with Crippen LogP contribution in [0.1, 0.15) is 62.3 Å². The summed E-state index contributed by atoms with van der Waals surface area (Å²) in [7, 11) is 0. The van der Waals surface area contributed by atoms with Crippen molar-refractivity contribution in [1.29, 1.82) is 5.26 Å². The lowest BCUT2D eigenvalue weighted by molar-refractivity contribution is 0.253. The normalized spacial score (nSPS) is 15.6. The second kappa shape index (κ2) is 14.4. The molecule has 2 fully saturated rings. The molecule has 0 spiro atoms. The summed E-state index contributed by atoms with van der Waals surface area (Å²) in [6.07, 6.45) is 10.7. The van der Waals surface area contributed by atoms with E-state index in [0.717, 1.165) is 103 Å². The molecule has 4 N–H and O–H groups in total. The average molecular weight is 862 g/mol. The molecule has 0 bridgehead atoms. The van der Waals surface area contributed by atoms with Crippen molar-refractivity contribution in [2.75, 3.05) is 10.6 Å². The van der Waals surface area contributed by atoms with Crippen LogP contribution in [0.3, 0.4) is 0 Å². The van der Waals surface area contributed by atoms with Gasteiger partial charge in [0.25, 0.3) is 0 Å². The number of hydrogen-bond acceptors (Lipinski definition) is 8. The van der Waals surface area contributed by atoms with Gasteiger partial charge >= 0.3 is 0 Å². The highest BCUT2D eigenvalue weighted by Crippen LogP contribution is 2.47. The highest BCUT2D eigenvalue weighted by molar-refractivity contribution is 9.10. The summed E-state index contributed by atoms with van der Waals surface area (Å²) in [5, 5.41) is 16.9. The summed E-state index contributed by atoms with van der Waals surface area (Å²) in [4.78, 5) is 18.9. The Morgan fingerprint density at radius 2 is 1.13 bits per heavy atom. The van der Waals surface area contributed by atoms with E-state index in [4.69, 9.17) is 15.7 Å².